The molecular formula is C32H32N4O8S. The maximum Gasteiger partial charge on any atom is 0.235 e. The van der Waals surface area contributed by atoms with Gasteiger partial charge in [-0.2, -0.15) is 0 Å². The minimum Gasteiger partial charge on any atom is -0.505 e. The SMILES string of the molecule is COc1ccc(-c2csc(Nc3ccc4c(c3O)C(=O)C3C(=O)C5C(=O)C(C(N)=O)C(=O)[C@@H](N(C)C)C5[C@@H](O)C3[C@H]4C)n2)cc1. The van der Waals surface area contributed by atoms with Gasteiger partial charge in [0.25, 0.3) is 0 Å². The van der Waals surface area contributed by atoms with Gasteiger partial charge in [-0.05, 0) is 55.9 Å². The van der Waals surface area contributed by atoms with Crippen molar-refractivity contribution in [1.29, 1.82) is 0 Å². The van der Waals surface area contributed by atoms with Crippen LogP contribution >= 0.6 is 11.3 Å². The molecule has 2 saturated carbocycles. The standard InChI is InChI=1S/C32H32N4O8S/c1-12-15-9-10-16(34-32-35-17(11-45-32)13-5-7-14(44-4)8-6-13)25(37)19(15)27(39)21-18(12)26(38)20-22(28(21)40)29(41)23(31(33)43)30(42)24(20)36(2)3/h5-12,18,20-24,26,37-38H,1-4H3,(H2,33,43)(H,34,35)/t12-,18?,20?,21?,22?,23?,24-,26-/m0/s1. The molecule has 0 aliphatic heterocycles. The number of phenols is 1. The lowest BCUT2D eigenvalue weighted by molar-refractivity contribution is -0.167. The van der Waals surface area contributed by atoms with Crippen LogP contribution in [0.1, 0.15) is 28.8 Å². The Morgan fingerprint density at radius 1 is 1.00 bits per heavy atom. The molecule has 3 aliphatic carbocycles. The number of amides is 1. The lowest BCUT2D eigenvalue weighted by atomic mass is 9.51. The third-order valence-corrected chi connectivity index (χ3v) is 10.2. The normalized spacial score (nSPS) is 29.2. The van der Waals surface area contributed by atoms with Gasteiger partial charge in [-0.15, -0.1) is 11.3 Å². The number of nitrogens with zero attached hydrogens (tertiary/aromatic N) is 2. The summed E-state index contributed by atoms with van der Waals surface area (Å²) in [6.07, 6.45) is -1.41. The number of hydrogen-bond donors (Lipinski definition) is 4. The number of carbonyl (C=O) groups is 5. The second-order valence-corrected chi connectivity index (χ2v) is 12.9. The van der Waals surface area contributed by atoms with Crippen LogP contribution in [0.2, 0.25) is 0 Å². The zero-order chi connectivity index (χ0) is 32.5. The number of anilines is 2. The Bertz CT molecular complexity index is 1750. The smallest absolute Gasteiger partial charge is 0.235 e. The van der Waals surface area contributed by atoms with E-state index in [-0.39, 0.29) is 17.0 Å². The minimum absolute atomic E-state index is 0.0883. The molecule has 0 bridgehead atoms. The average Bonchev–Trinajstić information content (AvgIpc) is 3.46. The van der Waals surface area contributed by atoms with E-state index in [9.17, 15) is 34.2 Å². The van der Waals surface area contributed by atoms with E-state index in [1.165, 1.54) is 16.2 Å². The first-order valence-electron chi connectivity index (χ1n) is 14.4. The lowest BCUT2D eigenvalue weighted by Gasteiger charge is -2.52. The van der Waals surface area contributed by atoms with Crippen molar-refractivity contribution in [1.82, 2.24) is 9.88 Å². The van der Waals surface area contributed by atoms with Crippen molar-refractivity contribution in [2.45, 2.75) is 25.0 Å². The van der Waals surface area contributed by atoms with E-state index in [2.05, 4.69) is 10.3 Å². The highest BCUT2D eigenvalue weighted by molar-refractivity contribution is 7.14. The topological polar surface area (TPSA) is 189 Å². The Kier molecular flexibility index (Phi) is 7.58. The molecule has 1 heterocycles. The van der Waals surface area contributed by atoms with E-state index in [1.807, 2.05) is 29.6 Å². The van der Waals surface area contributed by atoms with Crippen molar-refractivity contribution in [3.05, 3.63) is 52.9 Å². The highest BCUT2D eigenvalue weighted by Gasteiger charge is 2.65. The third kappa shape index (κ3) is 4.64. The number of fused-ring (bicyclic) bond motifs is 3. The molecule has 0 spiro atoms. The summed E-state index contributed by atoms with van der Waals surface area (Å²) in [5, 5.41) is 28.4. The number of nitrogens with one attached hydrogen (secondary N) is 1. The highest BCUT2D eigenvalue weighted by atomic mass is 32.1. The molecule has 45 heavy (non-hydrogen) atoms. The van der Waals surface area contributed by atoms with Gasteiger partial charge in [0.1, 0.15) is 11.5 Å². The number of ether oxygens (including phenoxy) is 1. The fraction of sp³-hybridized carbons (Fsp3) is 0.375. The van der Waals surface area contributed by atoms with Gasteiger partial charge in [0.15, 0.2) is 34.2 Å². The number of Topliss-reactive ketones (excluding diaryl/α,β-unsaturated/α-hetero) is 4. The number of hydrogen-bond acceptors (Lipinski definition) is 12. The maximum absolute atomic E-state index is 14.1. The number of methoxy groups -OCH3 is 1. The van der Waals surface area contributed by atoms with Crippen LogP contribution in [0.3, 0.4) is 0 Å². The molecule has 234 valence electrons. The van der Waals surface area contributed by atoms with Crippen LogP contribution in [-0.2, 0) is 19.2 Å². The quantitative estimate of drug-likeness (QED) is 0.230. The maximum atomic E-state index is 14.1. The Hall–Kier alpha value is -4.46. The van der Waals surface area contributed by atoms with Crippen LogP contribution in [-0.4, -0.2) is 82.5 Å². The number of aliphatic hydroxyl groups excluding tert-OH is 1. The summed E-state index contributed by atoms with van der Waals surface area (Å²) in [7, 11) is 4.68. The molecule has 5 N–H and O–H groups in total. The molecule has 12 nitrogen and oxygen atoms in total. The molecule has 0 radical (unpaired) electrons. The van der Waals surface area contributed by atoms with Gasteiger partial charge < -0.3 is 26.0 Å². The molecule has 13 heteroatoms. The van der Waals surface area contributed by atoms with Gasteiger partial charge in [0.2, 0.25) is 5.91 Å². The number of rotatable bonds is 6. The number of phenolic OH excluding ortho intramolecular Hbond substituents is 1. The Labute approximate surface area is 262 Å². The lowest BCUT2D eigenvalue weighted by Crippen LogP contribution is -2.69. The first-order valence-corrected chi connectivity index (χ1v) is 15.3. The summed E-state index contributed by atoms with van der Waals surface area (Å²) < 4.78 is 5.20. The van der Waals surface area contributed by atoms with Crippen LogP contribution in [0.5, 0.6) is 11.5 Å². The molecule has 2 fully saturated rings. The van der Waals surface area contributed by atoms with Gasteiger partial charge in [-0.1, -0.05) is 13.0 Å². The van der Waals surface area contributed by atoms with Crippen LogP contribution in [0.25, 0.3) is 11.3 Å². The van der Waals surface area contributed by atoms with Gasteiger partial charge in [-0.25, -0.2) is 4.98 Å². The molecule has 5 unspecified atom stereocenters. The Morgan fingerprint density at radius 3 is 2.31 bits per heavy atom. The molecule has 1 amide bonds. The molecule has 6 rings (SSSR count). The molecule has 3 aromatic rings. The number of aromatic nitrogens is 1. The predicted octanol–water partition coefficient (Wildman–Crippen LogP) is 2.16. The Morgan fingerprint density at radius 2 is 1.69 bits per heavy atom. The van der Waals surface area contributed by atoms with Crippen LogP contribution < -0.4 is 15.8 Å². The van der Waals surface area contributed by atoms with Gasteiger partial charge in [-0.3, -0.25) is 28.9 Å². The largest absolute Gasteiger partial charge is 0.505 e. The van der Waals surface area contributed by atoms with Gasteiger partial charge in [0, 0.05) is 22.8 Å². The number of benzene rings is 2. The molecule has 0 saturated heterocycles. The minimum atomic E-state index is -1.86. The second kappa shape index (κ2) is 11.2. The summed E-state index contributed by atoms with van der Waals surface area (Å²) in [6.45, 7) is 1.73. The van der Waals surface area contributed by atoms with Crippen molar-refractivity contribution < 1.29 is 38.9 Å². The van der Waals surface area contributed by atoms with Crippen molar-refractivity contribution in [2.75, 3.05) is 26.5 Å². The number of likely N-dealkylation sites (N-methyl/N-ethyl adjacent to an activating group) is 1. The summed E-state index contributed by atoms with van der Waals surface area (Å²) in [5.41, 5.74) is 7.48. The number of aliphatic hydroxyl groups is 1. The summed E-state index contributed by atoms with van der Waals surface area (Å²) in [6, 6.07) is 9.47. The second-order valence-electron chi connectivity index (χ2n) is 12.0. The predicted molar refractivity (Wildman–Crippen MR) is 163 cm³/mol. The fourth-order valence-electron chi connectivity index (χ4n) is 7.42. The zero-order valence-corrected chi connectivity index (χ0v) is 25.7. The molecule has 2 aromatic carbocycles. The van der Waals surface area contributed by atoms with E-state index in [1.54, 1.807) is 40.3 Å². The van der Waals surface area contributed by atoms with E-state index in [0.717, 1.165) is 5.56 Å². The molecular weight excluding hydrogens is 600 g/mol. The zero-order valence-electron chi connectivity index (χ0n) is 24.9. The number of primary amides is 1. The van der Waals surface area contributed by atoms with Crippen molar-refractivity contribution in [3.63, 3.8) is 0 Å². The monoisotopic (exact) mass is 632 g/mol. The molecule has 8 atom stereocenters. The number of carbonyl (C=O) groups excluding carboxylic acids is 5. The third-order valence-electron chi connectivity index (χ3n) is 9.48. The van der Waals surface area contributed by atoms with E-state index in [4.69, 9.17) is 10.5 Å². The van der Waals surface area contributed by atoms with E-state index in [0.29, 0.717) is 22.1 Å². The van der Waals surface area contributed by atoms with E-state index >= 15 is 0 Å². The molecule has 3 aliphatic rings. The highest BCUT2D eigenvalue weighted by Crippen LogP contribution is 2.54. The van der Waals surface area contributed by atoms with Crippen LogP contribution in [0, 0.1) is 29.6 Å². The number of nitrogens with two attached hydrogens (primary N) is 1. The first kappa shape index (κ1) is 30.6. The van der Waals surface area contributed by atoms with Crippen LogP contribution in [0.15, 0.2) is 41.8 Å². The number of thiazole rings is 1. The van der Waals surface area contributed by atoms with Gasteiger partial charge >= 0.3 is 0 Å². The average molecular weight is 633 g/mol. The molecule has 1 aromatic heterocycles. The number of ketones is 4. The van der Waals surface area contributed by atoms with Crippen molar-refractivity contribution >= 4 is 51.2 Å². The van der Waals surface area contributed by atoms with Crippen molar-refractivity contribution in [3.8, 4) is 22.8 Å². The van der Waals surface area contributed by atoms with Gasteiger partial charge in [0.05, 0.1) is 48.0 Å². The number of aromatic hydroxyl groups is 1. The summed E-state index contributed by atoms with van der Waals surface area (Å²) in [5.74, 6) is -11.8. The Balaban J connectivity index is 1.36. The summed E-state index contributed by atoms with van der Waals surface area (Å²) in [4.78, 5) is 73.1. The van der Waals surface area contributed by atoms with Crippen molar-refractivity contribution in [2.24, 2.45) is 35.3 Å². The fourth-order valence-corrected chi connectivity index (χ4v) is 8.15. The van der Waals surface area contributed by atoms with Crippen LogP contribution in [0.4, 0.5) is 10.8 Å². The van der Waals surface area contributed by atoms with E-state index < -0.39 is 76.7 Å². The summed E-state index contributed by atoms with van der Waals surface area (Å²) >= 11 is 1.29. The first-order chi connectivity index (χ1) is 21.4.